The Morgan fingerprint density at radius 2 is 2.00 bits per heavy atom. The minimum absolute atomic E-state index is 0.259. The summed E-state index contributed by atoms with van der Waals surface area (Å²) in [6, 6.07) is 9.43. The number of rotatable bonds is 5. The Hall–Kier alpha value is -1.85. The second-order valence-corrected chi connectivity index (χ2v) is 5.73. The average molecular weight is 385 g/mol. The third-order valence-corrected chi connectivity index (χ3v) is 3.63. The molecule has 0 aromatic heterocycles. The van der Waals surface area contributed by atoms with Gasteiger partial charge in [0.05, 0.1) is 9.50 Å². The lowest BCUT2D eigenvalue weighted by molar-refractivity contribution is -0.113. The van der Waals surface area contributed by atoms with E-state index in [1.54, 1.807) is 30.3 Å². The zero-order valence-corrected chi connectivity index (χ0v) is 13.7. The molecule has 0 aliphatic rings. The Bertz CT molecular complexity index is 694. The van der Waals surface area contributed by atoms with Gasteiger partial charge in [-0.1, -0.05) is 23.7 Å². The highest BCUT2D eigenvalue weighted by Crippen LogP contribution is 2.35. The minimum atomic E-state index is -0.538. The largest absolute Gasteiger partial charge is 0.486 e. The van der Waals surface area contributed by atoms with Gasteiger partial charge in [0.2, 0.25) is 5.91 Å². The molecule has 0 spiro atoms. The lowest BCUT2D eigenvalue weighted by Gasteiger charge is -2.11. The number of hydrogen-bond acceptors (Lipinski definition) is 2. The van der Waals surface area contributed by atoms with Gasteiger partial charge in [-0.25, -0.2) is 4.39 Å². The molecule has 3 nitrogen and oxygen atoms in total. The van der Waals surface area contributed by atoms with E-state index in [2.05, 4.69) is 15.9 Å². The average Bonchev–Trinajstić information content (AvgIpc) is 2.46. The number of benzene rings is 2. The number of nitrogens with two attached hydrogens (primary N) is 1. The second kappa shape index (κ2) is 7.42. The molecule has 2 N–H and O–H groups in total. The van der Waals surface area contributed by atoms with Gasteiger partial charge in [0.1, 0.15) is 12.4 Å². The first-order valence-corrected chi connectivity index (χ1v) is 7.46. The van der Waals surface area contributed by atoms with Crippen molar-refractivity contribution in [1.29, 1.82) is 0 Å². The molecule has 0 saturated carbocycles. The van der Waals surface area contributed by atoms with Crippen LogP contribution in [-0.4, -0.2) is 5.91 Å². The molecule has 114 valence electrons. The van der Waals surface area contributed by atoms with Gasteiger partial charge in [-0.3, -0.25) is 4.79 Å². The van der Waals surface area contributed by atoms with Crippen LogP contribution in [0.1, 0.15) is 11.1 Å². The molecular weight excluding hydrogens is 373 g/mol. The maximum Gasteiger partial charge on any atom is 0.241 e. The summed E-state index contributed by atoms with van der Waals surface area (Å²) in [5.74, 6) is -0.361. The SMILES string of the molecule is NC(=O)/C=C/c1cc(Cl)c(OCc2ccc(F)cc2)c(Br)c1. The van der Waals surface area contributed by atoms with Crippen molar-refractivity contribution < 1.29 is 13.9 Å². The fourth-order valence-electron chi connectivity index (χ4n) is 1.73. The molecule has 0 heterocycles. The van der Waals surface area contributed by atoms with Crippen LogP contribution in [0.15, 0.2) is 46.9 Å². The van der Waals surface area contributed by atoms with Crippen LogP contribution < -0.4 is 10.5 Å². The molecule has 0 fully saturated rings. The summed E-state index contributed by atoms with van der Waals surface area (Å²) in [4.78, 5) is 10.7. The number of carbonyl (C=O) groups is 1. The molecule has 2 aromatic carbocycles. The van der Waals surface area contributed by atoms with E-state index in [-0.39, 0.29) is 12.4 Å². The topological polar surface area (TPSA) is 52.3 Å². The van der Waals surface area contributed by atoms with Crippen molar-refractivity contribution in [2.24, 2.45) is 5.73 Å². The van der Waals surface area contributed by atoms with Crippen molar-refractivity contribution in [3.63, 3.8) is 0 Å². The summed E-state index contributed by atoms with van der Waals surface area (Å²) in [7, 11) is 0. The molecule has 1 amide bonds. The van der Waals surface area contributed by atoms with Gasteiger partial charge in [0, 0.05) is 6.08 Å². The molecule has 0 aliphatic carbocycles. The van der Waals surface area contributed by atoms with E-state index in [4.69, 9.17) is 22.1 Å². The Morgan fingerprint density at radius 1 is 1.32 bits per heavy atom. The molecule has 0 aliphatic heterocycles. The van der Waals surface area contributed by atoms with Gasteiger partial charge in [0.25, 0.3) is 0 Å². The smallest absolute Gasteiger partial charge is 0.241 e. The zero-order chi connectivity index (χ0) is 16.1. The first-order chi connectivity index (χ1) is 10.5. The molecule has 6 heteroatoms. The van der Waals surface area contributed by atoms with E-state index in [0.29, 0.717) is 20.8 Å². The number of hydrogen-bond donors (Lipinski definition) is 1. The van der Waals surface area contributed by atoms with Gasteiger partial charge in [-0.2, -0.15) is 0 Å². The van der Waals surface area contributed by atoms with Crippen LogP contribution >= 0.6 is 27.5 Å². The third-order valence-electron chi connectivity index (χ3n) is 2.76. The summed E-state index contributed by atoms with van der Waals surface area (Å²) in [6.07, 6.45) is 2.81. The lowest BCUT2D eigenvalue weighted by atomic mass is 10.2. The number of amides is 1. The third kappa shape index (κ3) is 4.58. The molecule has 0 unspecified atom stereocenters. The highest BCUT2D eigenvalue weighted by Gasteiger charge is 2.09. The fourth-order valence-corrected chi connectivity index (χ4v) is 2.72. The summed E-state index contributed by atoms with van der Waals surface area (Å²) >= 11 is 9.55. The van der Waals surface area contributed by atoms with E-state index in [1.807, 2.05) is 0 Å². The predicted octanol–water partition coefficient (Wildman–Crippen LogP) is 4.32. The highest BCUT2D eigenvalue weighted by molar-refractivity contribution is 9.10. The van der Waals surface area contributed by atoms with Crippen LogP contribution in [0.25, 0.3) is 6.08 Å². The van der Waals surface area contributed by atoms with E-state index in [1.165, 1.54) is 18.2 Å². The van der Waals surface area contributed by atoms with Crippen LogP contribution in [0, 0.1) is 5.82 Å². The lowest BCUT2D eigenvalue weighted by Crippen LogP contribution is -2.05. The van der Waals surface area contributed by atoms with Gasteiger partial charge >= 0.3 is 0 Å². The van der Waals surface area contributed by atoms with E-state index >= 15 is 0 Å². The number of primary amides is 1. The molecule has 0 bridgehead atoms. The van der Waals surface area contributed by atoms with E-state index < -0.39 is 5.91 Å². The maximum absolute atomic E-state index is 12.8. The number of ether oxygens (including phenoxy) is 1. The summed E-state index contributed by atoms with van der Waals surface area (Å²) in [5.41, 5.74) is 6.58. The highest BCUT2D eigenvalue weighted by atomic mass is 79.9. The van der Waals surface area contributed by atoms with Gasteiger partial charge in [-0.15, -0.1) is 0 Å². The fraction of sp³-hybridized carbons (Fsp3) is 0.0625. The van der Waals surface area contributed by atoms with E-state index in [9.17, 15) is 9.18 Å². The molecule has 2 aromatic rings. The van der Waals surface area contributed by atoms with Crippen molar-refractivity contribution in [3.8, 4) is 5.75 Å². The Kier molecular flexibility index (Phi) is 5.57. The maximum atomic E-state index is 12.8. The molecular formula is C16H12BrClFNO2. The van der Waals surface area contributed by atoms with Gasteiger partial charge in [0.15, 0.2) is 5.75 Å². The van der Waals surface area contributed by atoms with Crippen LogP contribution in [0.4, 0.5) is 4.39 Å². The quantitative estimate of drug-likeness (QED) is 0.781. The Labute approximate surface area is 140 Å². The summed E-state index contributed by atoms with van der Waals surface area (Å²) < 4.78 is 19.1. The monoisotopic (exact) mass is 383 g/mol. The van der Waals surface area contributed by atoms with Gasteiger partial charge < -0.3 is 10.5 Å². The normalized spacial score (nSPS) is 10.9. The zero-order valence-electron chi connectivity index (χ0n) is 11.4. The number of carbonyl (C=O) groups excluding carboxylic acids is 1. The molecule has 0 atom stereocenters. The molecule has 22 heavy (non-hydrogen) atoms. The molecule has 0 radical (unpaired) electrons. The summed E-state index contributed by atoms with van der Waals surface area (Å²) in [6.45, 7) is 0.259. The van der Waals surface area contributed by atoms with Crippen molar-refractivity contribution in [2.75, 3.05) is 0 Å². The van der Waals surface area contributed by atoms with Crippen LogP contribution in [0.3, 0.4) is 0 Å². The Balaban J connectivity index is 2.14. The number of halogens is 3. The first kappa shape index (κ1) is 16.5. The second-order valence-electron chi connectivity index (χ2n) is 4.46. The Morgan fingerprint density at radius 3 is 2.59 bits per heavy atom. The molecule has 2 rings (SSSR count). The van der Waals surface area contributed by atoms with Crippen LogP contribution in [-0.2, 0) is 11.4 Å². The minimum Gasteiger partial charge on any atom is -0.486 e. The van der Waals surface area contributed by atoms with Gasteiger partial charge in [-0.05, 0) is 57.4 Å². The van der Waals surface area contributed by atoms with Crippen molar-refractivity contribution in [1.82, 2.24) is 0 Å². The summed E-state index contributed by atoms with van der Waals surface area (Å²) in [5, 5.41) is 0.389. The predicted molar refractivity (Wildman–Crippen MR) is 88.1 cm³/mol. The van der Waals surface area contributed by atoms with Crippen LogP contribution in [0.5, 0.6) is 5.75 Å². The first-order valence-electron chi connectivity index (χ1n) is 6.29. The standard InChI is InChI=1S/C16H12BrClFNO2/c17-13-7-11(3-6-15(20)21)8-14(18)16(13)22-9-10-1-4-12(19)5-2-10/h1-8H,9H2,(H2,20,21)/b6-3+. The molecule has 0 saturated heterocycles. The van der Waals surface area contributed by atoms with Crippen molar-refractivity contribution in [2.45, 2.75) is 6.61 Å². The van der Waals surface area contributed by atoms with Crippen LogP contribution in [0.2, 0.25) is 5.02 Å². The van der Waals surface area contributed by atoms with E-state index in [0.717, 1.165) is 5.56 Å². The van der Waals surface area contributed by atoms with Crippen molar-refractivity contribution in [3.05, 3.63) is 68.9 Å². The van der Waals surface area contributed by atoms with Crippen molar-refractivity contribution >= 4 is 39.5 Å².